The monoisotopic (exact) mass is 455 g/mol. The number of carboxylic acid groups (broad SMARTS) is 1. The van der Waals surface area contributed by atoms with Crippen LogP contribution in [0.3, 0.4) is 0 Å². The SMILES string of the molecule is CN/C=C(\C=N)c1ccc2c(c1)CCN(c1ccc(F)cc1)C2c1ccc(/C=C/C(=O)O)cc1. The highest BCUT2D eigenvalue weighted by atomic mass is 19.1. The number of halogens is 1. The van der Waals surface area contributed by atoms with Gasteiger partial charge in [0.15, 0.2) is 0 Å². The number of benzene rings is 3. The van der Waals surface area contributed by atoms with E-state index in [1.165, 1.54) is 23.9 Å². The molecule has 1 atom stereocenters. The Kier molecular flexibility index (Phi) is 6.87. The number of rotatable bonds is 7. The second-order valence-electron chi connectivity index (χ2n) is 8.11. The molecule has 0 saturated heterocycles. The van der Waals surface area contributed by atoms with Crippen LogP contribution in [0.25, 0.3) is 11.6 Å². The highest BCUT2D eigenvalue weighted by Gasteiger charge is 2.29. The summed E-state index contributed by atoms with van der Waals surface area (Å²) in [5.74, 6) is -1.26. The summed E-state index contributed by atoms with van der Waals surface area (Å²) in [5, 5.41) is 19.6. The average Bonchev–Trinajstić information content (AvgIpc) is 2.86. The minimum atomic E-state index is -0.986. The van der Waals surface area contributed by atoms with Crippen LogP contribution in [0, 0.1) is 11.2 Å². The van der Waals surface area contributed by atoms with Gasteiger partial charge in [-0.15, -0.1) is 0 Å². The zero-order valence-corrected chi connectivity index (χ0v) is 18.8. The number of anilines is 1. The predicted octanol–water partition coefficient (Wildman–Crippen LogP) is 5.29. The number of aliphatic carboxylic acids is 1. The fourth-order valence-corrected chi connectivity index (χ4v) is 4.40. The van der Waals surface area contributed by atoms with Crippen LogP contribution in [0.15, 0.2) is 79.0 Å². The highest BCUT2D eigenvalue weighted by Crippen LogP contribution is 2.39. The quantitative estimate of drug-likeness (QED) is 0.334. The van der Waals surface area contributed by atoms with E-state index in [1.807, 2.05) is 43.6 Å². The van der Waals surface area contributed by atoms with Gasteiger partial charge in [-0.3, -0.25) is 0 Å². The van der Waals surface area contributed by atoms with Gasteiger partial charge in [0, 0.05) is 43.3 Å². The summed E-state index contributed by atoms with van der Waals surface area (Å²) in [6.07, 6.45) is 6.66. The lowest BCUT2D eigenvalue weighted by Gasteiger charge is -2.39. The number of nitrogens with zero attached hydrogens (tertiary/aromatic N) is 1. The van der Waals surface area contributed by atoms with Crippen LogP contribution in [0.5, 0.6) is 0 Å². The Bertz CT molecular complexity index is 1250. The molecule has 1 aliphatic heterocycles. The average molecular weight is 456 g/mol. The maximum atomic E-state index is 13.6. The van der Waals surface area contributed by atoms with Crippen molar-refractivity contribution in [1.82, 2.24) is 5.32 Å². The van der Waals surface area contributed by atoms with E-state index in [2.05, 4.69) is 22.3 Å². The molecular formula is C28H26FN3O2. The van der Waals surface area contributed by atoms with Crippen molar-refractivity contribution in [1.29, 1.82) is 5.41 Å². The largest absolute Gasteiger partial charge is 0.478 e. The molecule has 3 aromatic rings. The summed E-state index contributed by atoms with van der Waals surface area (Å²) in [6.45, 7) is 0.753. The van der Waals surface area contributed by atoms with Crippen LogP contribution in [0.1, 0.15) is 33.9 Å². The minimum Gasteiger partial charge on any atom is -0.478 e. The number of nitrogens with one attached hydrogen (secondary N) is 2. The van der Waals surface area contributed by atoms with Crippen molar-refractivity contribution in [2.24, 2.45) is 0 Å². The Labute approximate surface area is 198 Å². The summed E-state index contributed by atoms with van der Waals surface area (Å²) < 4.78 is 13.6. The molecule has 1 heterocycles. The normalized spacial score (nSPS) is 15.8. The molecule has 3 aromatic carbocycles. The molecule has 5 nitrogen and oxygen atoms in total. The van der Waals surface area contributed by atoms with E-state index in [0.717, 1.165) is 52.6 Å². The van der Waals surface area contributed by atoms with Crippen molar-refractivity contribution < 1.29 is 14.3 Å². The maximum absolute atomic E-state index is 13.6. The molecule has 1 aliphatic rings. The third-order valence-electron chi connectivity index (χ3n) is 5.99. The van der Waals surface area contributed by atoms with Gasteiger partial charge in [0.25, 0.3) is 0 Å². The minimum absolute atomic E-state index is 0.0857. The smallest absolute Gasteiger partial charge is 0.328 e. The second kappa shape index (κ2) is 10.2. The molecule has 6 heteroatoms. The van der Waals surface area contributed by atoms with Gasteiger partial charge in [-0.1, -0.05) is 42.5 Å². The molecule has 0 bridgehead atoms. The standard InChI is InChI=1S/C28H26FN3O2/c1-31-18-23(17-30)21-7-12-26-22(16-21)14-15-32(25-10-8-24(29)9-11-25)28(26)20-5-2-19(3-6-20)4-13-27(33)34/h2-13,16-18,28,30-31H,14-15H2,1H3,(H,33,34)/b13-4+,23-18+,30-17?. The van der Waals surface area contributed by atoms with Crippen molar-refractivity contribution in [3.05, 3.63) is 113 Å². The van der Waals surface area contributed by atoms with Gasteiger partial charge in [0.1, 0.15) is 5.82 Å². The van der Waals surface area contributed by atoms with E-state index in [4.69, 9.17) is 10.5 Å². The molecule has 0 radical (unpaired) electrons. The summed E-state index contributed by atoms with van der Waals surface area (Å²) in [7, 11) is 1.81. The fraction of sp³-hybridized carbons (Fsp3) is 0.143. The fourth-order valence-electron chi connectivity index (χ4n) is 4.40. The summed E-state index contributed by atoms with van der Waals surface area (Å²) >= 11 is 0. The van der Waals surface area contributed by atoms with Gasteiger partial charge in [-0.05, 0) is 64.6 Å². The van der Waals surface area contributed by atoms with E-state index in [1.54, 1.807) is 18.2 Å². The summed E-state index contributed by atoms with van der Waals surface area (Å²) in [5.41, 5.74) is 6.94. The van der Waals surface area contributed by atoms with E-state index in [9.17, 15) is 9.18 Å². The zero-order valence-electron chi connectivity index (χ0n) is 18.8. The zero-order chi connectivity index (χ0) is 24.1. The first-order chi connectivity index (χ1) is 16.5. The Hall–Kier alpha value is -4.19. The lowest BCUT2D eigenvalue weighted by atomic mass is 9.85. The Morgan fingerprint density at radius 2 is 1.85 bits per heavy atom. The molecule has 0 fully saturated rings. The third kappa shape index (κ3) is 4.91. The Balaban J connectivity index is 1.78. The highest BCUT2D eigenvalue weighted by molar-refractivity contribution is 6.08. The van der Waals surface area contributed by atoms with Gasteiger partial charge < -0.3 is 20.7 Å². The van der Waals surface area contributed by atoms with Gasteiger partial charge in [-0.25, -0.2) is 9.18 Å². The molecule has 0 aromatic heterocycles. The van der Waals surface area contributed by atoms with Crippen molar-refractivity contribution in [2.45, 2.75) is 12.5 Å². The van der Waals surface area contributed by atoms with Gasteiger partial charge >= 0.3 is 5.97 Å². The molecule has 1 unspecified atom stereocenters. The molecule has 0 aliphatic carbocycles. The lowest BCUT2D eigenvalue weighted by molar-refractivity contribution is -0.131. The molecule has 34 heavy (non-hydrogen) atoms. The lowest BCUT2D eigenvalue weighted by Crippen LogP contribution is -2.36. The Morgan fingerprint density at radius 3 is 2.50 bits per heavy atom. The summed E-state index contributed by atoms with van der Waals surface area (Å²) in [4.78, 5) is 13.1. The second-order valence-corrected chi connectivity index (χ2v) is 8.11. The van der Waals surface area contributed by atoms with Crippen LogP contribution in [0.4, 0.5) is 10.1 Å². The molecule has 4 rings (SSSR count). The van der Waals surface area contributed by atoms with E-state index in [0.29, 0.717) is 0 Å². The molecular weight excluding hydrogens is 429 g/mol. The van der Waals surface area contributed by atoms with Crippen molar-refractivity contribution >= 4 is 29.5 Å². The Morgan fingerprint density at radius 1 is 1.12 bits per heavy atom. The first kappa shape index (κ1) is 23.0. The topological polar surface area (TPSA) is 76.4 Å². The number of carbonyl (C=O) groups is 1. The van der Waals surface area contributed by atoms with E-state index >= 15 is 0 Å². The third-order valence-corrected chi connectivity index (χ3v) is 5.99. The van der Waals surface area contributed by atoms with Crippen molar-refractivity contribution in [3.8, 4) is 0 Å². The first-order valence-corrected chi connectivity index (χ1v) is 11.0. The number of allylic oxidation sites excluding steroid dienone is 1. The van der Waals surface area contributed by atoms with Gasteiger partial charge in [0.2, 0.25) is 0 Å². The van der Waals surface area contributed by atoms with Crippen LogP contribution in [0.2, 0.25) is 0 Å². The molecule has 0 amide bonds. The van der Waals surface area contributed by atoms with Crippen LogP contribution < -0.4 is 10.2 Å². The van der Waals surface area contributed by atoms with Crippen molar-refractivity contribution in [2.75, 3.05) is 18.5 Å². The first-order valence-electron chi connectivity index (χ1n) is 11.0. The number of hydrogen-bond acceptors (Lipinski definition) is 4. The molecule has 0 spiro atoms. The summed E-state index contributed by atoms with van der Waals surface area (Å²) in [6, 6.07) is 20.6. The molecule has 3 N–H and O–H groups in total. The number of hydrogen-bond donors (Lipinski definition) is 3. The van der Waals surface area contributed by atoms with Crippen molar-refractivity contribution in [3.63, 3.8) is 0 Å². The number of carboxylic acids is 1. The van der Waals surface area contributed by atoms with Crippen LogP contribution >= 0.6 is 0 Å². The molecule has 172 valence electrons. The van der Waals surface area contributed by atoms with Gasteiger partial charge in [-0.2, -0.15) is 0 Å². The molecule has 0 saturated carbocycles. The number of fused-ring (bicyclic) bond motifs is 1. The van der Waals surface area contributed by atoms with E-state index < -0.39 is 5.97 Å². The maximum Gasteiger partial charge on any atom is 0.328 e. The van der Waals surface area contributed by atoms with E-state index in [-0.39, 0.29) is 11.9 Å². The predicted molar refractivity (Wildman–Crippen MR) is 135 cm³/mol. The van der Waals surface area contributed by atoms with Crippen LogP contribution in [-0.2, 0) is 11.2 Å². The van der Waals surface area contributed by atoms with Gasteiger partial charge in [0.05, 0.1) is 6.04 Å². The van der Waals surface area contributed by atoms with Crippen LogP contribution in [-0.4, -0.2) is 30.9 Å².